The number of carboxylic acids is 1. The van der Waals surface area contributed by atoms with Crippen molar-refractivity contribution in [1.29, 1.82) is 0 Å². The number of hydrogen-bond donors (Lipinski definition) is 1. The Hall–Kier alpha value is -1.93. The smallest absolute Gasteiger partial charge is 0.261 e. The number of carbonyl (C=O) groups is 1. The van der Waals surface area contributed by atoms with Crippen LogP contribution in [0, 0.1) is 12.7 Å². The highest BCUT2D eigenvalue weighted by Gasteiger charge is 2.17. The van der Waals surface area contributed by atoms with E-state index in [4.69, 9.17) is 0 Å². The Labute approximate surface area is 135 Å². The molecule has 0 heterocycles. The first kappa shape index (κ1) is 16.4. The highest BCUT2D eigenvalue weighted by molar-refractivity contribution is 9.10. The topological polar surface area (TPSA) is 86.3 Å². The predicted octanol–water partition coefficient (Wildman–Crippen LogP) is 2.06. The minimum absolute atomic E-state index is 0.306. The molecule has 0 fully saturated rings. The number of sulfonamides is 1. The van der Waals surface area contributed by atoms with Gasteiger partial charge in [0.2, 0.25) is 0 Å². The highest BCUT2D eigenvalue weighted by atomic mass is 79.9. The van der Waals surface area contributed by atoms with Crippen LogP contribution in [0.1, 0.15) is 15.9 Å². The van der Waals surface area contributed by atoms with Crippen LogP contribution < -0.4 is 9.83 Å². The minimum atomic E-state index is -4.04. The van der Waals surface area contributed by atoms with Gasteiger partial charge < -0.3 is 9.90 Å². The van der Waals surface area contributed by atoms with Crippen molar-refractivity contribution in [3.05, 3.63) is 57.8 Å². The van der Waals surface area contributed by atoms with Crippen LogP contribution in [0.15, 0.2) is 45.8 Å². The van der Waals surface area contributed by atoms with Crippen molar-refractivity contribution in [1.82, 2.24) is 0 Å². The fraction of sp³-hybridized carbons (Fsp3) is 0.0714. The summed E-state index contributed by atoms with van der Waals surface area (Å²) in [6, 6.07) is 7.29. The summed E-state index contributed by atoms with van der Waals surface area (Å²) in [5.41, 5.74) is 0.310. The molecule has 0 aliphatic rings. The molecular formula is C14H10BrFNO4S-. The van der Waals surface area contributed by atoms with Crippen LogP contribution >= 0.6 is 15.9 Å². The molecule has 0 amide bonds. The molecule has 1 N–H and O–H groups in total. The summed E-state index contributed by atoms with van der Waals surface area (Å²) in [5.74, 6) is -2.84. The van der Waals surface area contributed by atoms with Gasteiger partial charge >= 0.3 is 0 Å². The summed E-state index contributed by atoms with van der Waals surface area (Å²) >= 11 is 3.30. The van der Waals surface area contributed by atoms with Gasteiger partial charge in [0.1, 0.15) is 5.82 Å². The van der Waals surface area contributed by atoms with Crippen LogP contribution in [0.4, 0.5) is 10.1 Å². The van der Waals surface area contributed by atoms with E-state index in [0.29, 0.717) is 5.69 Å². The van der Waals surface area contributed by atoms with Gasteiger partial charge in [0, 0.05) is 15.7 Å². The number of rotatable bonds is 4. The molecule has 0 unspecified atom stereocenters. The molecule has 2 rings (SSSR count). The summed E-state index contributed by atoms with van der Waals surface area (Å²) in [6.07, 6.45) is 0. The first-order valence-corrected chi connectivity index (χ1v) is 8.28. The molecule has 0 bridgehead atoms. The van der Waals surface area contributed by atoms with E-state index < -0.39 is 27.4 Å². The molecule has 0 spiro atoms. The maximum Gasteiger partial charge on any atom is 0.261 e. The van der Waals surface area contributed by atoms with Crippen molar-refractivity contribution in [2.24, 2.45) is 0 Å². The number of carbonyl (C=O) groups excluding carboxylic acids is 1. The molecule has 0 radical (unpaired) electrons. The molecule has 116 valence electrons. The molecule has 2 aromatic rings. The van der Waals surface area contributed by atoms with Gasteiger partial charge in [0.05, 0.1) is 10.9 Å². The largest absolute Gasteiger partial charge is 0.545 e. The normalized spacial score (nSPS) is 11.2. The van der Waals surface area contributed by atoms with Crippen molar-refractivity contribution in [3.8, 4) is 0 Å². The van der Waals surface area contributed by atoms with E-state index in [-0.39, 0.29) is 4.90 Å². The SMILES string of the molecule is Cc1cc(NS(=O)(=O)c2ccc(F)c(C(=O)[O-])c2)ccc1Br. The molecule has 0 saturated carbocycles. The number of aryl methyl sites for hydroxylation is 1. The highest BCUT2D eigenvalue weighted by Crippen LogP contribution is 2.23. The van der Waals surface area contributed by atoms with Crippen LogP contribution in [-0.2, 0) is 10.0 Å². The van der Waals surface area contributed by atoms with E-state index in [1.54, 1.807) is 19.1 Å². The van der Waals surface area contributed by atoms with Gasteiger partial charge in [-0.25, -0.2) is 12.8 Å². The van der Waals surface area contributed by atoms with E-state index in [1.165, 1.54) is 6.07 Å². The Kier molecular flexibility index (Phi) is 4.52. The lowest BCUT2D eigenvalue weighted by Gasteiger charge is -2.11. The van der Waals surface area contributed by atoms with E-state index in [9.17, 15) is 22.7 Å². The molecule has 5 nitrogen and oxygen atoms in total. The number of benzene rings is 2. The average Bonchev–Trinajstić information content (AvgIpc) is 2.42. The summed E-state index contributed by atoms with van der Waals surface area (Å²) in [5, 5.41) is 10.8. The molecule has 8 heteroatoms. The number of carboxylic acid groups (broad SMARTS) is 1. The van der Waals surface area contributed by atoms with Crippen LogP contribution in [0.2, 0.25) is 0 Å². The van der Waals surface area contributed by atoms with Crippen molar-refractivity contribution in [2.75, 3.05) is 4.72 Å². The van der Waals surface area contributed by atoms with E-state index in [2.05, 4.69) is 20.7 Å². The summed E-state index contributed by atoms with van der Waals surface area (Å²) in [4.78, 5) is 10.4. The zero-order valence-electron chi connectivity index (χ0n) is 11.3. The summed E-state index contributed by atoms with van der Waals surface area (Å²) in [6.45, 7) is 1.79. The molecule has 0 aliphatic carbocycles. The number of hydrogen-bond acceptors (Lipinski definition) is 4. The minimum Gasteiger partial charge on any atom is -0.545 e. The summed E-state index contributed by atoms with van der Waals surface area (Å²) in [7, 11) is -4.04. The van der Waals surface area contributed by atoms with Gasteiger partial charge in [0.25, 0.3) is 10.0 Å². The number of nitrogens with one attached hydrogen (secondary N) is 1. The van der Waals surface area contributed by atoms with Gasteiger partial charge in [-0.1, -0.05) is 15.9 Å². The van der Waals surface area contributed by atoms with Crippen LogP contribution in [0.25, 0.3) is 0 Å². The van der Waals surface area contributed by atoms with Crippen molar-refractivity contribution >= 4 is 37.6 Å². The van der Waals surface area contributed by atoms with Crippen LogP contribution in [0.3, 0.4) is 0 Å². The second-order valence-electron chi connectivity index (χ2n) is 4.50. The zero-order valence-corrected chi connectivity index (χ0v) is 13.7. The van der Waals surface area contributed by atoms with E-state index in [0.717, 1.165) is 28.2 Å². The monoisotopic (exact) mass is 386 g/mol. The van der Waals surface area contributed by atoms with E-state index >= 15 is 0 Å². The predicted molar refractivity (Wildman–Crippen MR) is 80.4 cm³/mol. The van der Waals surface area contributed by atoms with Crippen molar-refractivity contribution in [3.63, 3.8) is 0 Å². The lowest BCUT2D eigenvalue weighted by molar-refractivity contribution is -0.255. The third kappa shape index (κ3) is 3.45. The van der Waals surface area contributed by atoms with E-state index in [1.807, 2.05) is 0 Å². The Morgan fingerprint density at radius 3 is 2.50 bits per heavy atom. The average molecular weight is 387 g/mol. The third-order valence-electron chi connectivity index (χ3n) is 2.88. The summed E-state index contributed by atoms with van der Waals surface area (Å²) < 4.78 is 40.9. The van der Waals surface area contributed by atoms with Gasteiger partial charge in [-0.15, -0.1) is 0 Å². The van der Waals surface area contributed by atoms with Gasteiger partial charge in [0.15, 0.2) is 0 Å². The second kappa shape index (κ2) is 6.05. The first-order chi connectivity index (χ1) is 10.2. The lowest BCUT2D eigenvalue weighted by Crippen LogP contribution is -2.24. The fourth-order valence-corrected chi connectivity index (χ4v) is 3.07. The number of anilines is 1. The second-order valence-corrected chi connectivity index (χ2v) is 7.04. The van der Waals surface area contributed by atoms with Crippen molar-refractivity contribution in [2.45, 2.75) is 11.8 Å². The Balaban J connectivity index is 2.40. The number of halogens is 2. The third-order valence-corrected chi connectivity index (χ3v) is 5.15. The van der Waals surface area contributed by atoms with Crippen LogP contribution in [-0.4, -0.2) is 14.4 Å². The zero-order chi connectivity index (χ0) is 16.5. The molecule has 0 aromatic heterocycles. The van der Waals surface area contributed by atoms with Gasteiger partial charge in [-0.2, -0.15) is 0 Å². The number of aromatic carboxylic acids is 1. The van der Waals surface area contributed by atoms with Crippen LogP contribution in [0.5, 0.6) is 0 Å². The van der Waals surface area contributed by atoms with Gasteiger partial charge in [-0.3, -0.25) is 4.72 Å². The molecule has 0 aliphatic heterocycles. The lowest BCUT2D eigenvalue weighted by atomic mass is 10.2. The standard InChI is InChI=1S/C14H11BrFNO4S/c1-8-6-9(2-4-12(8)15)17-22(20,21)10-3-5-13(16)11(7-10)14(18)19/h2-7,17H,1H3,(H,18,19)/p-1. The molecular weight excluding hydrogens is 377 g/mol. The Morgan fingerprint density at radius 2 is 1.91 bits per heavy atom. The van der Waals surface area contributed by atoms with Gasteiger partial charge in [-0.05, 0) is 48.9 Å². The van der Waals surface area contributed by atoms with Crippen molar-refractivity contribution < 1.29 is 22.7 Å². The molecule has 22 heavy (non-hydrogen) atoms. The maximum absolute atomic E-state index is 13.3. The fourth-order valence-electron chi connectivity index (χ4n) is 1.75. The molecule has 0 saturated heterocycles. The Bertz CT molecular complexity index is 852. The molecule has 2 aromatic carbocycles. The molecule has 0 atom stereocenters. The quantitative estimate of drug-likeness (QED) is 0.870. The first-order valence-electron chi connectivity index (χ1n) is 6.00. The Morgan fingerprint density at radius 1 is 1.23 bits per heavy atom. The maximum atomic E-state index is 13.3.